The molecule has 0 spiro atoms. The van der Waals surface area contributed by atoms with Crippen molar-refractivity contribution < 1.29 is 15.3 Å². The van der Waals surface area contributed by atoms with Gasteiger partial charge in [-0.1, -0.05) is 65.5 Å². The van der Waals surface area contributed by atoms with Crippen molar-refractivity contribution in [1.82, 2.24) is 0 Å². The van der Waals surface area contributed by atoms with Gasteiger partial charge in [0, 0.05) is 0 Å². The highest BCUT2D eigenvalue weighted by atomic mass is 17.1. The highest BCUT2D eigenvalue weighted by Crippen LogP contribution is 2.67. The largest absolute Gasteiger partial charge is 0.393 e. The van der Waals surface area contributed by atoms with Gasteiger partial charge in [0.1, 0.15) is 6.10 Å². The Kier molecular flexibility index (Phi) is 6.48. The Balaban J connectivity index is 1.56. The van der Waals surface area contributed by atoms with Crippen molar-refractivity contribution >= 4 is 0 Å². The van der Waals surface area contributed by atoms with E-state index in [1.807, 2.05) is 0 Å². The van der Waals surface area contributed by atoms with Gasteiger partial charge >= 0.3 is 0 Å². The van der Waals surface area contributed by atoms with Gasteiger partial charge in [-0.2, -0.15) is 0 Å². The van der Waals surface area contributed by atoms with Crippen LogP contribution in [-0.4, -0.2) is 22.6 Å². The Morgan fingerprint density at radius 2 is 1.80 bits per heavy atom. The van der Waals surface area contributed by atoms with Crippen LogP contribution in [0.2, 0.25) is 0 Å². The Morgan fingerprint density at radius 3 is 2.50 bits per heavy atom. The smallest absolute Gasteiger partial charge is 0.114 e. The van der Waals surface area contributed by atoms with E-state index >= 15 is 0 Å². The molecule has 3 saturated carbocycles. The summed E-state index contributed by atoms with van der Waals surface area (Å²) in [6, 6.07) is 0. The third kappa shape index (κ3) is 3.71. The van der Waals surface area contributed by atoms with Crippen molar-refractivity contribution in [3.63, 3.8) is 0 Å². The van der Waals surface area contributed by atoms with Gasteiger partial charge in [-0.05, 0) is 91.3 Å². The molecule has 3 nitrogen and oxygen atoms in total. The van der Waals surface area contributed by atoms with Crippen molar-refractivity contribution in [3.05, 3.63) is 11.6 Å². The Labute approximate surface area is 184 Å². The maximum absolute atomic E-state index is 10.3. The van der Waals surface area contributed by atoms with Crippen LogP contribution in [0.1, 0.15) is 98.8 Å². The minimum absolute atomic E-state index is 0.182. The first-order valence-corrected chi connectivity index (χ1v) is 12.9. The predicted molar refractivity (Wildman–Crippen MR) is 122 cm³/mol. The molecule has 0 aliphatic heterocycles. The van der Waals surface area contributed by atoms with Gasteiger partial charge in [0.05, 0.1) is 6.10 Å². The third-order valence-corrected chi connectivity index (χ3v) is 10.4. The average molecular weight is 419 g/mol. The number of aliphatic hydroxyl groups excluding tert-OH is 1. The van der Waals surface area contributed by atoms with Gasteiger partial charge < -0.3 is 5.11 Å². The Hall–Kier alpha value is -0.380. The van der Waals surface area contributed by atoms with Gasteiger partial charge in [-0.25, -0.2) is 4.89 Å². The van der Waals surface area contributed by atoms with Crippen molar-refractivity contribution in [2.24, 2.45) is 46.3 Å². The highest BCUT2D eigenvalue weighted by Gasteiger charge is 2.61. The summed E-state index contributed by atoms with van der Waals surface area (Å²) in [5.41, 5.74) is 1.91. The standard InChI is InChI=1S/C27H46O3/c1-17(2)7-6-8-18(3)21-9-10-22-25-23(12-14-27(21,22)5)26(4)13-11-20(28)15-19(26)16-24(25)30-29/h16-18,20-25,28-29H,6-15H2,1-5H3/t18?,20-,21+,22-,23-,24+,25-,26-,27+/m0/s1. The fourth-order valence-corrected chi connectivity index (χ4v) is 8.73. The van der Waals surface area contributed by atoms with E-state index in [1.165, 1.54) is 50.5 Å². The maximum Gasteiger partial charge on any atom is 0.114 e. The third-order valence-electron chi connectivity index (χ3n) is 10.4. The lowest BCUT2D eigenvalue weighted by Gasteiger charge is -2.59. The van der Waals surface area contributed by atoms with Crippen LogP contribution in [0.15, 0.2) is 11.6 Å². The molecule has 4 rings (SSSR count). The molecule has 0 amide bonds. The summed E-state index contributed by atoms with van der Waals surface area (Å²) in [4.78, 5) is 5.17. The lowest BCUT2D eigenvalue weighted by molar-refractivity contribution is -0.296. The zero-order chi connectivity index (χ0) is 21.7. The van der Waals surface area contributed by atoms with Gasteiger partial charge in [-0.3, -0.25) is 5.26 Å². The summed E-state index contributed by atoms with van der Waals surface area (Å²) in [5, 5.41) is 20.2. The SMILES string of the molecule is CC(C)CCCC(C)[C@H]1CC[C@H]2[C@@H]3[C@H](OO)C=C4C[C@@H](O)CC[C@]4(C)[C@H]3CC[C@]12C. The fourth-order valence-electron chi connectivity index (χ4n) is 8.73. The van der Waals surface area contributed by atoms with Gasteiger partial charge in [0.2, 0.25) is 0 Å². The van der Waals surface area contributed by atoms with Gasteiger partial charge in [0.15, 0.2) is 0 Å². The van der Waals surface area contributed by atoms with Crippen molar-refractivity contribution in [1.29, 1.82) is 0 Å². The van der Waals surface area contributed by atoms with Crippen LogP contribution in [0, 0.1) is 46.3 Å². The molecule has 4 aliphatic rings. The normalized spacial score (nSPS) is 46.7. The van der Waals surface area contributed by atoms with Crippen molar-refractivity contribution in [2.75, 3.05) is 0 Å². The maximum atomic E-state index is 10.3. The van der Waals surface area contributed by atoms with E-state index in [1.54, 1.807) is 0 Å². The van der Waals surface area contributed by atoms with E-state index in [2.05, 4.69) is 40.7 Å². The molecule has 4 aliphatic carbocycles. The molecule has 3 heteroatoms. The summed E-state index contributed by atoms with van der Waals surface area (Å²) in [6.07, 6.45) is 13.8. The topological polar surface area (TPSA) is 49.7 Å². The van der Waals surface area contributed by atoms with Crippen LogP contribution in [-0.2, 0) is 4.89 Å². The molecule has 0 aromatic rings. The number of rotatable bonds is 6. The molecule has 0 heterocycles. The van der Waals surface area contributed by atoms with Gasteiger partial charge in [0.25, 0.3) is 0 Å². The molecule has 0 bridgehead atoms. The second-order valence-corrected chi connectivity index (χ2v) is 12.4. The summed E-state index contributed by atoms with van der Waals surface area (Å²) >= 11 is 0. The van der Waals surface area contributed by atoms with Gasteiger partial charge in [-0.15, -0.1) is 0 Å². The van der Waals surface area contributed by atoms with E-state index < -0.39 is 0 Å². The van der Waals surface area contributed by atoms with Crippen molar-refractivity contribution in [3.8, 4) is 0 Å². The lowest BCUT2D eigenvalue weighted by Crippen LogP contribution is -2.55. The summed E-state index contributed by atoms with van der Waals surface area (Å²) in [7, 11) is 0. The molecule has 1 unspecified atom stereocenters. The molecule has 172 valence electrons. The molecule has 30 heavy (non-hydrogen) atoms. The van der Waals surface area contributed by atoms with E-state index in [0.717, 1.165) is 37.0 Å². The monoisotopic (exact) mass is 418 g/mol. The molecule has 0 aromatic carbocycles. The molecule has 0 radical (unpaired) electrons. The molecule has 0 saturated heterocycles. The second kappa shape index (κ2) is 8.52. The lowest BCUT2D eigenvalue weighted by atomic mass is 9.46. The van der Waals surface area contributed by atoms with Crippen molar-refractivity contribution in [2.45, 2.75) is 111 Å². The number of hydrogen-bond acceptors (Lipinski definition) is 3. The summed E-state index contributed by atoms with van der Waals surface area (Å²) < 4.78 is 0. The highest BCUT2D eigenvalue weighted by molar-refractivity contribution is 5.28. The molecule has 0 aromatic heterocycles. The van der Waals surface area contributed by atoms with Crippen LogP contribution in [0.4, 0.5) is 0 Å². The van der Waals surface area contributed by atoms with Crippen LogP contribution in [0.5, 0.6) is 0 Å². The number of hydrogen-bond donors (Lipinski definition) is 2. The summed E-state index contributed by atoms with van der Waals surface area (Å²) in [5.74, 6) is 4.05. The van der Waals surface area contributed by atoms with Crippen LogP contribution < -0.4 is 0 Å². The van der Waals surface area contributed by atoms with Crippen LogP contribution >= 0.6 is 0 Å². The van der Waals surface area contributed by atoms with E-state index in [0.29, 0.717) is 23.2 Å². The second-order valence-electron chi connectivity index (χ2n) is 12.4. The molecular formula is C27H46O3. The fraction of sp³-hybridized carbons (Fsp3) is 0.926. The Morgan fingerprint density at radius 1 is 1.03 bits per heavy atom. The minimum Gasteiger partial charge on any atom is -0.393 e. The summed E-state index contributed by atoms with van der Waals surface area (Å²) in [6.45, 7) is 12.2. The predicted octanol–water partition coefficient (Wildman–Crippen LogP) is 6.86. The average Bonchev–Trinajstić information content (AvgIpc) is 3.05. The first kappa shape index (κ1) is 22.8. The number of aliphatic hydroxyl groups is 1. The first-order chi connectivity index (χ1) is 14.2. The zero-order valence-electron chi connectivity index (χ0n) is 20.1. The van der Waals surface area contributed by atoms with E-state index in [9.17, 15) is 10.4 Å². The quantitative estimate of drug-likeness (QED) is 0.281. The number of fused-ring (bicyclic) bond motifs is 5. The van der Waals surface area contributed by atoms with E-state index in [4.69, 9.17) is 4.89 Å². The Bertz CT molecular complexity index is 642. The first-order valence-electron chi connectivity index (χ1n) is 12.9. The van der Waals surface area contributed by atoms with Crippen LogP contribution in [0.25, 0.3) is 0 Å². The van der Waals surface area contributed by atoms with E-state index in [-0.39, 0.29) is 17.6 Å². The molecular weight excluding hydrogens is 372 g/mol. The van der Waals surface area contributed by atoms with Crippen LogP contribution in [0.3, 0.4) is 0 Å². The minimum atomic E-state index is -0.225. The molecule has 2 N–H and O–H groups in total. The molecule has 3 fully saturated rings. The molecule has 9 atom stereocenters. The zero-order valence-corrected chi connectivity index (χ0v) is 20.1.